The fraction of sp³-hybridized carbons (Fsp3) is 0.158. The Morgan fingerprint density at radius 3 is 2.52 bits per heavy atom. The van der Waals surface area contributed by atoms with E-state index in [0.29, 0.717) is 28.1 Å². The Labute approximate surface area is 135 Å². The summed E-state index contributed by atoms with van der Waals surface area (Å²) in [5.41, 5.74) is 1.90. The number of aldehydes is 1. The zero-order valence-corrected chi connectivity index (χ0v) is 13.5. The lowest BCUT2D eigenvalue weighted by molar-refractivity contribution is 0.112. The van der Waals surface area contributed by atoms with Crippen LogP contribution >= 0.6 is 0 Å². The Morgan fingerprint density at radius 1 is 1.17 bits per heavy atom. The van der Waals surface area contributed by atoms with Gasteiger partial charge >= 0.3 is 0 Å². The first-order valence-corrected chi connectivity index (χ1v) is 7.16. The Morgan fingerprint density at radius 2 is 1.96 bits per heavy atom. The highest BCUT2D eigenvalue weighted by molar-refractivity contribution is 6.02. The first-order chi connectivity index (χ1) is 11.2. The number of pyridine rings is 1. The molecule has 118 valence electrons. The highest BCUT2D eigenvalue weighted by Gasteiger charge is 2.17. The first kappa shape index (κ1) is 16.5. The summed E-state index contributed by atoms with van der Waals surface area (Å²) in [5.74, 6) is 0.860. The Balaban J connectivity index is 2.84. The number of carbonyl (C=O) groups is 1. The summed E-state index contributed by atoms with van der Waals surface area (Å²) < 4.78 is 10.8. The predicted octanol–water partition coefficient (Wildman–Crippen LogP) is 4.30. The molecule has 0 N–H and O–H groups in total. The molecule has 0 aliphatic heterocycles. The molecule has 2 rings (SSSR count). The number of fused-ring (bicyclic) bond motifs is 1. The average molecular weight is 309 g/mol. The van der Waals surface area contributed by atoms with E-state index in [0.717, 1.165) is 17.4 Å². The van der Waals surface area contributed by atoms with Crippen molar-refractivity contribution in [1.82, 2.24) is 4.98 Å². The van der Waals surface area contributed by atoms with Gasteiger partial charge in [0.25, 0.3) is 0 Å². The van der Waals surface area contributed by atoms with Crippen LogP contribution in [0.4, 0.5) is 0 Å². The minimum atomic E-state index is 0.415. The maximum atomic E-state index is 11.4. The van der Waals surface area contributed by atoms with Crippen LogP contribution in [-0.2, 0) is 0 Å². The summed E-state index contributed by atoms with van der Waals surface area (Å²) in [7, 11) is 3.07. The molecule has 1 heterocycles. The summed E-state index contributed by atoms with van der Waals surface area (Å²) in [6.07, 6.45) is 10.0. The Bertz CT molecular complexity index is 804. The summed E-state index contributed by atoms with van der Waals surface area (Å²) >= 11 is 0. The van der Waals surface area contributed by atoms with Crippen LogP contribution in [0.15, 0.2) is 36.9 Å². The third-order valence-electron chi connectivity index (χ3n) is 3.44. The fourth-order valence-electron chi connectivity index (χ4n) is 2.41. The third-order valence-corrected chi connectivity index (χ3v) is 3.44. The van der Waals surface area contributed by atoms with E-state index in [9.17, 15) is 4.79 Å². The number of rotatable bonds is 6. The van der Waals surface area contributed by atoms with Crippen molar-refractivity contribution >= 4 is 29.2 Å². The lowest BCUT2D eigenvalue weighted by Gasteiger charge is -2.14. The SMILES string of the molecule is C=Cc1cc2cc(/C=C/C=C/C)nc(OC)c2c(OC)c1C=O. The van der Waals surface area contributed by atoms with Crippen LogP contribution < -0.4 is 9.47 Å². The second kappa shape index (κ2) is 7.40. The fourth-order valence-corrected chi connectivity index (χ4v) is 2.41. The summed E-state index contributed by atoms with van der Waals surface area (Å²) in [6, 6.07) is 3.80. The Hall–Kier alpha value is -2.88. The maximum Gasteiger partial charge on any atom is 0.225 e. The predicted molar refractivity (Wildman–Crippen MR) is 94.2 cm³/mol. The first-order valence-electron chi connectivity index (χ1n) is 7.16. The molecule has 0 aliphatic rings. The number of carbonyl (C=O) groups excluding carboxylic acids is 1. The largest absolute Gasteiger partial charge is 0.495 e. The second-order valence-corrected chi connectivity index (χ2v) is 4.77. The average Bonchev–Trinajstić information content (AvgIpc) is 2.59. The van der Waals surface area contributed by atoms with Gasteiger partial charge in [0.2, 0.25) is 5.88 Å². The van der Waals surface area contributed by atoms with Crippen molar-refractivity contribution in [2.75, 3.05) is 14.2 Å². The smallest absolute Gasteiger partial charge is 0.225 e. The molecular weight excluding hydrogens is 290 g/mol. The molecule has 0 saturated carbocycles. The minimum Gasteiger partial charge on any atom is -0.495 e. The van der Waals surface area contributed by atoms with Gasteiger partial charge < -0.3 is 9.47 Å². The summed E-state index contributed by atoms with van der Waals surface area (Å²) in [6.45, 7) is 5.71. The monoisotopic (exact) mass is 309 g/mol. The molecule has 0 radical (unpaired) electrons. The number of allylic oxidation sites excluding steroid dienone is 3. The number of hydrogen-bond donors (Lipinski definition) is 0. The van der Waals surface area contributed by atoms with E-state index in [-0.39, 0.29) is 0 Å². The van der Waals surface area contributed by atoms with Gasteiger partial charge in [-0.05, 0) is 36.1 Å². The van der Waals surface area contributed by atoms with Gasteiger partial charge in [-0.1, -0.05) is 30.9 Å². The van der Waals surface area contributed by atoms with E-state index in [1.165, 1.54) is 7.11 Å². The van der Waals surface area contributed by atoms with Crippen LogP contribution in [0.25, 0.3) is 22.9 Å². The number of aromatic nitrogens is 1. The normalized spacial score (nSPS) is 11.3. The molecule has 0 bridgehead atoms. The van der Waals surface area contributed by atoms with Crippen LogP contribution in [0.5, 0.6) is 11.6 Å². The van der Waals surface area contributed by atoms with E-state index < -0.39 is 0 Å². The minimum absolute atomic E-state index is 0.415. The van der Waals surface area contributed by atoms with Crippen molar-refractivity contribution in [3.05, 3.63) is 53.8 Å². The molecule has 0 fully saturated rings. The Kier molecular flexibility index (Phi) is 5.31. The molecule has 0 spiro atoms. The van der Waals surface area contributed by atoms with Gasteiger partial charge in [-0.2, -0.15) is 0 Å². The van der Waals surface area contributed by atoms with Gasteiger partial charge in [-0.25, -0.2) is 4.98 Å². The van der Waals surface area contributed by atoms with E-state index in [2.05, 4.69) is 11.6 Å². The molecule has 0 amide bonds. The van der Waals surface area contributed by atoms with Crippen molar-refractivity contribution in [3.8, 4) is 11.6 Å². The van der Waals surface area contributed by atoms with Gasteiger partial charge in [0.05, 0.1) is 30.9 Å². The van der Waals surface area contributed by atoms with Crippen LogP contribution in [0.2, 0.25) is 0 Å². The number of methoxy groups -OCH3 is 2. The zero-order valence-electron chi connectivity index (χ0n) is 13.5. The van der Waals surface area contributed by atoms with Crippen LogP contribution in [0, 0.1) is 0 Å². The van der Waals surface area contributed by atoms with E-state index in [4.69, 9.17) is 9.47 Å². The zero-order chi connectivity index (χ0) is 16.8. The summed E-state index contributed by atoms with van der Waals surface area (Å²) in [4.78, 5) is 15.9. The number of hydrogen-bond acceptors (Lipinski definition) is 4. The lowest BCUT2D eigenvalue weighted by Crippen LogP contribution is -1.99. The van der Waals surface area contributed by atoms with E-state index in [1.54, 1.807) is 13.2 Å². The molecule has 0 atom stereocenters. The highest BCUT2D eigenvalue weighted by atomic mass is 16.5. The maximum absolute atomic E-state index is 11.4. The highest BCUT2D eigenvalue weighted by Crippen LogP contribution is 2.38. The number of ether oxygens (including phenoxy) is 2. The van der Waals surface area contributed by atoms with Gasteiger partial charge in [-0.3, -0.25) is 4.79 Å². The van der Waals surface area contributed by atoms with Crippen LogP contribution in [-0.4, -0.2) is 25.5 Å². The van der Waals surface area contributed by atoms with Crippen molar-refractivity contribution in [2.45, 2.75) is 6.92 Å². The molecule has 0 saturated heterocycles. The van der Waals surface area contributed by atoms with Gasteiger partial charge in [0, 0.05) is 0 Å². The van der Waals surface area contributed by atoms with E-state index >= 15 is 0 Å². The lowest BCUT2D eigenvalue weighted by atomic mass is 10.00. The third kappa shape index (κ3) is 3.16. The topological polar surface area (TPSA) is 48.4 Å². The van der Waals surface area contributed by atoms with Gasteiger partial charge in [0.15, 0.2) is 6.29 Å². The number of nitrogens with zero attached hydrogens (tertiary/aromatic N) is 1. The van der Waals surface area contributed by atoms with Crippen molar-refractivity contribution in [3.63, 3.8) is 0 Å². The molecule has 4 nitrogen and oxygen atoms in total. The molecule has 1 aromatic carbocycles. The molecular formula is C19H19NO3. The van der Waals surface area contributed by atoms with Crippen molar-refractivity contribution < 1.29 is 14.3 Å². The van der Waals surface area contributed by atoms with Crippen LogP contribution in [0.1, 0.15) is 28.5 Å². The molecule has 1 aromatic heterocycles. The summed E-state index contributed by atoms with van der Waals surface area (Å²) in [5, 5.41) is 1.54. The van der Waals surface area contributed by atoms with Crippen LogP contribution in [0.3, 0.4) is 0 Å². The molecule has 4 heteroatoms. The van der Waals surface area contributed by atoms with Gasteiger partial charge in [-0.15, -0.1) is 0 Å². The molecule has 23 heavy (non-hydrogen) atoms. The van der Waals surface area contributed by atoms with Crippen molar-refractivity contribution in [2.24, 2.45) is 0 Å². The van der Waals surface area contributed by atoms with Crippen molar-refractivity contribution in [1.29, 1.82) is 0 Å². The second-order valence-electron chi connectivity index (χ2n) is 4.77. The quantitative estimate of drug-likeness (QED) is 0.590. The van der Waals surface area contributed by atoms with Gasteiger partial charge in [0.1, 0.15) is 5.75 Å². The molecule has 2 aromatic rings. The molecule has 0 aliphatic carbocycles. The number of benzene rings is 1. The molecule has 0 unspecified atom stereocenters. The standard InChI is InChI=1S/C19H19NO3/c1-5-7-8-9-15-11-14-10-13(6-2)16(12-21)18(22-3)17(14)19(20-15)23-4/h5-12H,2H2,1,3-4H3/b7-5+,9-8+. The van der Waals surface area contributed by atoms with E-state index in [1.807, 2.05) is 43.4 Å².